The van der Waals surface area contributed by atoms with Gasteiger partial charge in [0.05, 0.1) is 7.11 Å². The van der Waals surface area contributed by atoms with Gasteiger partial charge in [-0.2, -0.15) is 0 Å². The molecular weight excluding hydrogens is 264 g/mol. The van der Waals surface area contributed by atoms with Gasteiger partial charge in [-0.25, -0.2) is 0 Å². The van der Waals surface area contributed by atoms with Crippen LogP contribution in [-0.4, -0.2) is 25.6 Å². The van der Waals surface area contributed by atoms with Crippen molar-refractivity contribution in [1.82, 2.24) is 5.32 Å². The van der Waals surface area contributed by atoms with Gasteiger partial charge in [0.25, 0.3) is 0 Å². The van der Waals surface area contributed by atoms with Gasteiger partial charge < -0.3 is 15.8 Å². The Kier molecular flexibility index (Phi) is 5.62. The third-order valence-electron chi connectivity index (χ3n) is 4.32. The second kappa shape index (κ2) is 7.46. The lowest BCUT2D eigenvalue weighted by Crippen LogP contribution is -2.32. The summed E-state index contributed by atoms with van der Waals surface area (Å²) >= 11 is 0. The van der Waals surface area contributed by atoms with Crippen molar-refractivity contribution in [2.75, 3.05) is 13.7 Å². The van der Waals surface area contributed by atoms with Gasteiger partial charge in [-0.1, -0.05) is 24.1 Å². The van der Waals surface area contributed by atoms with Gasteiger partial charge in [-0.15, -0.1) is 0 Å². The summed E-state index contributed by atoms with van der Waals surface area (Å²) in [6.45, 7) is 2.70. The fourth-order valence-electron chi connectivity index (χ4n) is 3.07. The van der Waals surface area contributed by atoms with Gasteiger partial charge in [0.1, 0.15) is 5.75 Å². The maximum Gasteiger partial charge on any atom is 0.220 e. The number of aryl methyl sites for hydroxylation is 1. The molecule has 1 amide bonds. The molecular formula is C17H26N2O2. The number of methoxy groups -OCH3 is 1. The number of hydrogen-bond acceptors (Lipinski definition) is 3. The predicted octanol–water partition coefficient (Wildman–Crippen LogP) is 2.18. The van der Waals surface area contributed by atoms with Crippen molar-refractivity contribution in [3.8, 4) is 5.75 Å². The summed E-state index contributed by atoms with van der Waals surface area (Å²) in [7, 11) is 1.67. The number of carbonyl (C=O) groups is 1. The Hall–Kier alpha value is -1.55. The second-order valence-electron chi connectivity index (χ2n) is 5.97. The molecule has 1 aromatic rings. The molecule has 116 valence electrons. The molecule has 0 aromatic heterocycles. The highest BCUT2D eigenvalue weighted by molar-refractivity contribution is 5.76. The van der Waals surface area contributed by atoms with Crippen LogP contribution in [0, 0.1) is 12.8 Å². The first kappa shape index (κ1) is 15.8. The van der Waals surface area contributed by atoms with Crippen LogP contribution in [0.1, 0.15) is 36.8 Å². The molecule has 0 bridgehead atoms. The summed E-state index contributed by atoms with van der Waals surface area (Å²) in [6, 6.07) is 6.32. The molecule has 1 saturated carbocycles. The zero-order chi connectivity index (χ0) is 15.2. The normalized spacial score (nSPS) is 21.3. The topological polar surface area (TPSA) is 64.3 Å². The van der Waals surface area contributed by atoms with E-state index in [4.69, 9.17) is 10.5 Å². The van der Waals surface area contributed by atoms with Crippen LogP contribution in [0.15, 0.2) is 18.2 Å². The highest BCUT2D eigenvalue weighted by atomic mass is 16.5. The average Bonchev–Trinajstić information content (AvgIpc) is 2.84. The highest BCUT2D eigenvalue weighted by Gasteiger charge is 2.25. The summed E-state index contributed by atoms with van der Waals surface area (Å²) in [5, 5.41) is 3.00. The SMILES string of the molecule is COc1ccc(C)cc1CCNC(=O)C[C@@H]1CCC[C@H]1N. The number of nitrogens with one attached hydrogen (secondary N) is 1. The largest absolute Gasteiger partial charge is 0.496 e. The van der Waals surface area contributed by atoms with Crippen LogP contribution in [0.4, 0.5) is 0 Å². The maximum absolute atomic E-state index is 12.0. The van der Waals surface area contributed by atoms with Crippen molar-refractivity contribution in [2.45, 2.75) is 45.1 Å². The lowest BCUT2D eigenvalue weighted by Gasteiger charge is -2.15. The minimum absolute atomic E-state index is 0.115. The van der Waals surface area contributed by atoms with E-state index >= 15 is 0 Å². The van der Waals surface area contributed by atoms with Gasteiger partial charge in [0, 0.05) is 19.0 Å². The molecule has 4 heteroatoms. The molecule has 0 saturated heterocycles. The van der Waals surface area contributed by atoms with Crippen molar-refractivity contribution in [3.05, 3.63) is 29.3 Å². The predicted molar refractivity (Wildman–Crippen MR) is 84.4 cm³/mol. The molecule has 2 rings (SSSR count). The van der Waals surface area contributed by atoms with Gasteiger partial charge >= 0.3 is 0 Å². The molecule has 0 unspecified atom stereocenters. The van der Waals surface area contributed by atoms with Crippen molar-refractivity contribution < 1.29 is 9.53 Å². The van der Waals surface area contributed by atoms with Crippen molar-refractivity contribution in [1.29, 1.82) is 0 Å². The van der Waals surface area contributed by atoms with Crippen LogP contribution in [0.5, 0.6) is 5.75 Å². The zero-order valence-corrected chi connectivity index (χ0v) is 13.0. The maximum atomic E-state index is 12.0. The Morgan fingerprint density at radius 2 is 2.24 bits per heavy atom. The van der Waals surface area contributed by atoms with E-state index in [1.165, 1.54) is 5.56 Å². The summed E-state index contributed by atoms with van der Waals surface area (Å²) in [5.74, 6) is 1.36. The smallest absolute Gasteiger partial charge is 0.220 e. The van der Waals surface area contributed by atoms with Crippen molar-refractivity contribution in [2.24, 2.45) is 11.7 Å². The van der Waals surface area contributed by atoms with Gasteiger partial charge in [-0.05, 0) is 43.7 Å². The number of amides is 1. The Labute approximate surface area is 127 Å². The molecule has 1 fully saturated rings. The van der Waals surface area contributed by atoms with Crippen molar-refractivity contribution in [3.63, 3.8) is 0 Å². The van der Waals surface area contributed by atoms with E-state index in [2.05, 4.69) is 18.3 Å². The summed E-state index contributed by atoms with van der Waals surface area (Å²) < 4.78 is 5.35. The third kappa shape index (κ3) is 4.46. The molecule has 0 heterocycles. The van der Waals surface area contributed by atoms with E-state index < -0.39 is 0 Å². The van der Waals surface area contributed by atoms with Crippen LogP contribution in [-0.2, 0) is 11.2 Å². The monoisotopic (exact) mass is 290 g/mol. The number of rotatable bonds is 6. The lowest BCUT2D eigenvalue weighted by atomic mass is 10.00. The highest BCUT2D eigenvalue weighted by Crippen LogP contribution is 2.26. The number of nitrogens with two attached hydrogens (primary N) is 1. The molecule has 0 aliphatic heterocycles. The first-order valence-electron chi connectivity index (χ1n) is 7.76. The van der Waals surface area contributed by atoms with Crippen molar-refractivity contribution >= 4 is 5.91 Å². The van der Waals surface area contributed by atoms with Gasteiger partial charge in [-0.3, -0.25) is 4.79 Å². The quantitative estimate of drug-likeness (QED) is 0.844. The van der Waals surface area contributed by atoms with E-state index in [9.17, 15) is 4.79 Å². The molecule has 4 nitrogen and oxygen atoms in total. The van der Waals surface area contributed by atoms with Crippen LogP contribution in [0.2, 0.25) is 0 Å². The minimum atomic E-state index is 0.115. The Bertz CT molecular complexity index is 488. The van der Waals surface area contributed by atoms with E-state index in [1.807, 2.05) is 12.1 Å². The molecule has 3 N–H and O–H groups in total. The lowest BCUT2D eigenvalue weighted by molar-refractivity contribution is -0.122. The van der Waals surface area contributed by atoms with Gasteiger partial charge in [0.2, 0.25) is 5.91 Å². The molecule has 1 aromatic carbocycles. The van der Waals surface area contributed by atoms with E-state index in [0.717, 1.165) is 37.0 Å². The van der Waals surface area contributed by atoms with Crippen LogP contribution < -0.4 is 15.8 Å². The number of benzene rings is 1. The van der Waals surface area contributed by atoms with E-state index in [0.29, 0.717) is 18.9 Å². The summed E-state index contributed by atoms with van der Waals surface area (Å²) in [4.78, 5) is 12.0. The Morgan fingerprint density at radius 3 is 2.90 bits per heavy atom. The average molecular weight is 290 g/mol. The Balaban J connectivity index is 1.78. The summed E-state index contributed by atoms with van der Waals surface area (Å²) in [5.41, 5.74) is 8.34. The molecule has 0 radical (unpaired) electrons. The van der Waals surface area contributed by atoms with Crippen LogP contribution in [0.25, 0.3) is 0 Å². The molecule has 2 atom stereocenters. The fraction of sp³-hybridized carbons (Fsp3) is 0.588. The summed E-state index contributed by atoms with van der Waals surface area (Å²) in [6.07, 6.45) is 4.64. The van der Waals surface area contributed by atoms with E-state index in [1.54, 1.807) is 7.11 Å². The van der Waals surface area contributed by atoms with Crippen LogP contribution >= 0.6 is 0 Å². The standard InChI is InChI=1S/C17H26N2O2/c1-12-6-7-16(21-2)14(10-12)8-9-19-17(20)11-13-4-3-5-15(13)18/h6-7,10,13,15H,3-5,8-9,11,18H2,1-2H3,(H,19,20)/t13-,15+/m0/s1. The second-order valence-corrected chi connectivity index (χ2v) is 5.97. The fourth-order valence-corrected chi connectivity index (χ4v) is 3.07. The van der Waals surface area contributed by atoms with Gasteiger partial charge in [0.15, 0.2) is 0 Å². The zero-order valence-electron chi connectivity index (χ0n) is 13.0. The molecule has 1 aliphatic carbocycles. The first-order valence-corrected chi connectivity index (χ1v) is 7.76. The Morgan fingerprint density at radius 1 is 1.43 bits per heavy atom. The molecule has 0 spiro atoms. The number of hydrogen-bond donors (Lipinski definition) is 2. The number of ether oxygens (including phenoxy) is 1. The molecule has 1 aliphatic rings. The molecule has 21 heavy (non-hydrogen) atoms. The number of carbonyl (C=O) groups excluding carboxylic acids is 1. The third-order valence-corrected chi connectivity index (χ3v) is 4.32. The first-order chi connectivity index (χ1) is 10.1. The minimum Gasteiger partial charge on any atom is -0.496 e. The van der Waals surface area contributed by atoms with Crippen LogP contribution in [0.3, 0.4) is 0 Å². The van der Waals surface area contributed by atoms with E-state index in [-0.39, 0.29) is 11.9 Å².